The average molecular weight is 367 g/mol. The summed E-state index contributed by atoms with van der Waals surface area (Å²) in [4.78, 5) is 14.6. The van der Waals surface area contributed by atoms with E-state index in [0.29, 0.717) is 12.1 Å². The number of halogens is 2. The SMILES string of the molecule is CSc1nc2ccc(CNc3c(F)cc(F)cc3[N+](=O)[O-])cc2s1. The number of hydrogen-bond donors (Lipinski definition) is 1. The number of nitro benzene ring substituents is 1. The molecular weight excluding hydrogens is 356 g/mol. The minimum absolute atomic E-state index is 0.172. The monoisotopic (exact) mass is 367 g/mol. The minimum atomic E-state index is -0.995. The molecule has 0 saturated heterocycles. The molecule has 0 aliphatic rings. The molecule has 1 heterocycles. The van der Waals surface area contributed by atoms with E-state index in [1.807, 2.05) is 24.5 Å². The molecule has 5 nitrogen and oxygen atoms in total. The van der Waals surface area contributed by atoms with E-state index in [0.717, 1.165) is 20.1 Å². The summed E-state index contributed by atoms with van der Waals surface area (Å²) >= 11 is 3.09. The Morgan fingerprint density at radius 3 is 2.83 bits per heavy atom. The number of benzene rings is 2. The number of nitrogens with one attached hydrogen (secondary N) is 1. The lowest BCUT2D eigenvalue weighted by Crippen LogP contribution is -2.05. The molecule has 0 aliphatic heterocycles. The second-order valence-corrected chi connectivity index (χ2v) is 6.96. The van der Waals surface area contributed by atoms with Crippen molar-refractivity contribution >= 4 is 44.7 Å². The fourth-order valence-corrected chi connectivity index (χ4v) is 3.77. The number of nitro groups is 1. The van der Waals surface area contributed by atoms with Crippen molar-refractivity contribution in [3.63, 3.8) is 0 Å². The summed E-state index contributed by atoms with van der Waals surface area (Å²) in [6.45, 7) is 0.172. The van der Waals surface area contributed by atoms with E-state index in [-0.39, 0.29) is 12.2 Å². The molecule has 0 amide bonds. The molecule has 0 spiro atoms. The molecular formula is C15H11F2N3O2S2. The molecule has 1 aromatic heterocycles. The summed E-state index contributed by atoms with van der Waals surface area (Å²) in [5.41, 5.74) is 0.732. The summed E-state index contributed by atoms with van der Waals surface area (Å²) in [6, 6.07) is 6.87. The lowest BCUT2D eigenvalue weighted by atomic mass is 10.2. The first kappa shape index (κ1) is 16.6. The molecule has 3 rings (SSSR count). The summed E-state index contributed by atoms with van der Waals surface area (Å²) < 4.78 is 28.9. The molecule has 0 aliphatic carbocycles. The first-order chi connectivity index (χ1) is 11.5. The van der Waals surface area contributed by atoms with Crippen LogP contribution >= 0.6 is 23.1 Å². The zero-order valence-corrected chi connectivity index (χ0v) is 14.0. The maximum absolute atomic E-state index is 13.9. The number of nitrogens with zero attached hydrogens (tertiary/aromatic N) is 2. The summed E-state index contributed by atoms with van der Waals surface area (Å²) in [5, 5.41) is 13.7. The predicted octanol–water partition coefficient (Wildman–Crippen LogP) is 4.82. The number of fused-ring (bicyclic) bond motifs is 1. The second-order valence-electron chi connectivity index (χ2n) is 4.88. The molecule has 0 radical (unpaired) electrons. The highest BCUT2D eigenvalue weighted by Crippen LogP contribution is 2.31. The van der Waals surface area contributed by atoms with Gasteiger partial charge in [-0.05, 0) is 24.0 Å². The smallest absolute Gasteiger partial charge is 0.298 e. The molecule has 0 fully saturated rings. The van der Waals surface area contributed by atoms with Crippen molar-refractivity contribution in [2.24, 2.45) is 0 Å². The lowest BCUT2D eigenvalue weighted by molar-refractivity contribution is -0.384. The zero-order valence-electron chi connectivity index (χ0n) is 12.4. The highest BCUT2D eigenvalue weighted by Gasteiger charge is 2.20. The fourth-order valence-electron chi connectivity index (χ4n) is 2.21. The van der Waals surface area contributed by atoms with Gasteiger partial charge in [-0.25, -0.2) is 13.8 Å². The van der Waals surface area contributed by atoms with Crippen molar-refractivity contribution in [2.45, 2.75) is 10.9 Å². The van der Waals surface area contributed by atoms with Crippen LogP contribution in [0.4, 0.5) is 20.2 Å². The zero-order chi connectivity index (χ0) is 17.3. The highest BCUT2D eigenvalue weighted by molar-refractivity contribution is 8.00. The van der Waals surface area contributed by atoms with Crippen LogP contribution in [0.3, 0.4) is 0 Å². The Hall–Kier alpha value is -2.26. The van der Waals surface area contributed by atoms with E-state index in [1.54, 1.807) is 11.8 Å². The number of thiazole rings is 1. The van der Waals surface area contributed by atoms with Gasteiger partial charge in [0.05, 0.1) is 21.2 Å². The maximum Gasteiger partial charge on any atom is 0.298 e. The molecule has 24 heavy (non-hydrogen) atoms. The summed E-state index contributed by atoms with van der Waals surface area (Å²) in [7, 11) is 0. The van der Waals surface area contributed by atoms with Crippen molar-refractivity contribution in [1.29, 1.82) is 0 Å². The van der Waals surface area contributed by atoms with Crippen LogP contribution in [0, 0.1) is 21.7 Å². The predicted molar refractivity (Wildman–Crippen MR) is 91.7 cm³/mol. The number of aromatic nitrogens is 1. The maximum atomic E-state index is 13.9. The third-order valence-corrected chi connectivity index (χ3v) is 5.31. The lowest BCUT2D eigenvalue weighted by Gasteiger charge is -2.08. The van der Waals surface area contributed by atoms with Gasteiger partial charge in [-0.15, -0.1) is 11.3 Å². The van der Waals surface area contributed by atoms with Crippen LogP contribution in [0.25, 0.3) is 10.2 Å². The molecule has 9 heteroatoms. The molecule has 1 N–H and O–H groups in total. The molecule has 124 valence electrons. The van der Waals surface area contributed by atoms with E-state index in [9.17, 15) is 18.9 Å². The van der Waals surface area contributed by atoms with Crippen LogP contribution in [-0.2, 0) is 6.54 Å². The molecule has 0 bridgehead atoms. The number of thioether (sulfide) groups is 1. The van der Waals surface area contributed by atoms with Crippen LogP contribution in [0.2, 0.25) is 0 Å². The van der Waals surface area contributed by atoms with Crippen LogP contribution in [0.15, 0.2) is 34.7 Å². The van der Waals surface area contributed by atoms with Gasteiger partial charge in [0.25, 0.3) is 5.69 Å². The van der Waals surface area contributed by atoms with Crippen molar-refractivity contribution in [2.75, 3.05) is 11.6 Å². The third-order valence-electron chi connectivity index (χ3n) is 3.31. The van der Waals surface area contributed by atoms with Gasteiger partial charge in [-0.2, -0.15) is 0 Å². The Labute approximate surface area is 143 Å². The summed E-state index contributed by atoms with van der Waals surface area (Å²) in [6.07, 6.45) is 1.94. The molecule has 0 atom stereocenters. The van der Waals surface area contributed by atoms with Crippen molar-refractivity contribution in [1.82, 2.24) is 4.98 Å². The van der Waals surface area contributed by atoms with Gasteiger partial charge in [0, 0.05) is 12.6 Å². The number of hydrogen-bond acceptors (Lipinski definition) is 6. The largest absolute Gasteiger partial charge is 0.373 e. The van der Waals surface area contributed by atoms with Gasteiger partial charge in [-0.3, -0.25) is 10.1 Å². The van der Waals surface area contributed by atoms with Crippen molar-refractivity contribution in [3.05, 3.63) is 57.6 Å². The van der Waals surface area contributed by atoms with E-state index in [4.69, 9.17) is 0 Å². The minimum Gasteiger partial charge on any atom is -0.373 e. The van der Waals surface area contributed by atoms with Crippen molar-refractivity contribution < 1.29 is 13.7 Å². The highest BCUT2D eigenvalue weighted by atomic mass is 32.2. The Morgan fingerprint density at radius 1 is 1.33 bits per heavy atom. The average Bonchev–Trinajstić information content (AvgIpc) is 2.95. The first-order valence-corrected chi connectivity index (χ1v) is 8.83. The molecule has 0 saturated carbocycles. The number of rotatable bonds is 5. The van der Waals surface area contributed by atoms with Gasteiger partial charge >= 0.3 is 0 Å². The molecule has 0 unspecified atom stereocenters. The second kappa shape index (κ2) is 6.70. The first-order valence-electron chi connectivity index (χ1n) is 6.78. The van der Waals surface area contributed by atoms with E-state index < -0.39 is 22.2 Å². The third kappa shape index (κ3) is 3.31. The quantitative estimate of drug-likeness (QED) is 0.398. The van der Waals surface area contributed by atoms with Gasteiger partial charge in [0.2, 0.25) is 0 Å². The van der Waals surface area contributed by atoms with Crippen LogP contribution < -0.4 is 5.32 Å². The van der Waals surface area contributed by atoms with Crippen LogP contribution in [0.1, 0.15) is 5.56 Å². The van der Waals surface area contributed by atoms with Gasteiger partial charge in [0.15, 0.2) is 10.2 Å². The van der Waals surface area contributed by atoms with Crippen LogP contribution in [-0.4, -0.2) is 16.2 Å². The Kier molecular flexibility index (Phi) is 4.63. The normalized spacial score (nSPS) is 11.0. The fraction of sp³-hybridized carbons (Fsp3) is 0.133. The Bertz CT molecular complexity index is 930. The van der Waals surface area contributed by atoms with Gasteiger partial charge < -0.3 is 5.32 Å². The van der Waals surface area contributed by atoms with E-state index in [1.165, 1.54) is 11.3 Å². The standard InChI is InChI=1S/C15H11F2N3O2S2/c1-23-15-19-11-3-2-8(4-13(11)24-15)7-18-14-10(17)5-9(16)6-12(14)20(21)22/h2-6,18H,7H2,1H3. The molecule has 2 aromatic carbocycles. The Balaban J connectivity index is 1.87. The van der Waals surface area contributed by atoms with Crippen LogP contribution in [0.5, 0.6) is 0 Å². The van der Waals surface area contributed by atoms with E-state index in [2.05, 4.69) is 10.3 Å². The topological polar surface area (TPSA) is 68.1 Å². The van der Waals surface area contributed by atoms with Gasteiger partial charge in [0.1, 0.15) is 11.5 Å². The molecule has 3 aromatic rings. The van der Waals surface area contributed by atoms with Crippen molar-refractivity contribution in [3.8, 4) is 0 Å². The number of anilines is 1. The van der Waals surface area contributed by atoms with Gasteiger partial charge in [-0.1, -0.05) is 17.8 Å². The summed E-state index contributed by atoms with van der Waals surface area (Å²) in [5.74, 6) is -1.98. The Morgan fingerprint density at radius 2 is 2.12 bits per heavy atom. The van der Waals surface area contributed by atoms with E-state index >= 15 is 0 Å².